The molecule has 1 N–H and O–H groups in total. The molecule has 0 radical (unpaired) electrons. The van der Waals surface area contributed by atoms with Gasteiger partial charge in [-0.15, -0.1) is 0 Å². The fraction of sp³-hybridized carbons (Fsp3) is 0.643. The maximum absolute atomic E-state index is 4.75. The number of hydrogen-bond acceptors (Lipinski definition) is 2. The second-order valence-electron chi connectivity index (χ2n) is 4.72. The van der Waals surface area contributed by atoms with E-state index in [1.807, 2.05) is 0 Å². The first-order chi connectivity index (χ1) is 7.81. The number of aromatic nitrogens is 1. The van der Waals surface area contributed by atoms with E-state index in [0.29, 0.717) is 0 Å². The summed E-state index contributed by atoms with van der Waals surface area (Å²) in [5, 5.41) is 3.46. The molecule has 0 spiro atoms. The van der Waals surface area contributed by atoms with Crippen LogP contribution >= 0.6 is 0 Å². The Labute approximate surface area is 98.5 Å². The van der Waals surface area contributed by atoms with Gasteiger partial charge in [0.15, 0.2) is 0 Å². The predicted octanol–water partition coefficient (Wildman–Crippen LogP) is 2.77. The monoisotopic (exact) mass is 218 g/mol. The first-order valence-corrected chi connectivity index (χ1v) is 6.50. The van der Waals surface area contributed by atoms with Gasteiger partial charge in [-0.25, -0.2) is 0 Å². The van der Waals surface area contributed by atoms with E-state index < -0.39 is 0 Å². The van der Waals surface area contributed by atoms with Crippen molar-refractivity contribution in [1.82, 2.24) is 10.3 Å². The van der Waals surface area contributed by atoms with Gasteiger partial charge in [0.2, 0.25) is 0 Å². The number of aryl methyl sites for hydroxylation is 3. The minimum absolute atomic E-state index is 0.972. The Morgan fingerprint density at radius 2 is 2.12 bits per heavy atom. The van der Waals surface area contributed by atoms with Crippen molar-refractivity contribution in [3.63, 3.8) is 0 Å². The Morgan fingerprint density at radius 3 is 2.94 bits per heavy atom. The lowest BCUT2D eigenvalue weighted by Crippen LogP contribution is -2.17. The summed E-state index contributed by atoms with van der Waals surface area (Å²) in [7, 11) is 0. The zero-order chi connectivity index (χ0) is 11.4. The summed E-state index contributed by atoms with van der Waals surface area (Å²) in [6.45, 7) is 6.40. The van der Waals surface area contributed by atoms with Crippen LogP contribution in [0.3, 0.4) is 0 Å². The van der Waals surface area contributed by atoms with Gasteiger partial charge in [-0.05, 0) is 56.7 Å². The first kappa shape index (κ1) is 11.6. The minimum Gasteiger partial charge on any atom is -0.313 e. The molecule has 88 valence electrons. The number of nitrogens with zero attached hydrogens (tertiary/aromatic N) is 1. The second-order valence-corrected chi connectivity index (χ2v) is 4.72. The molecule has 0 amide bonds. The van der Waals surface area contributed by atoms with Gasteiger partial charge in [0.1, 0.15) is 0 Å². The van der Waals surface area contributed by atoms with E-state index in [4.69, 9.17) is 4.98 Å². The van der Waals surface area contributed by atoms with Gasteiger partial charge in [-0.3, -0.25) is 4.98 Å². The van der Waals surface area contributed by atoms with Crippen LogP contribution in [0, 0.1) is 6.92 Å². The highest BCUT2D eigenvalue weighted by Crippen LogP contribution is 2.21. The quantitative estimate of drug-likeness (QED) is 0.786. The summed E-state index contributed by atoms with van der Waals surface area (Å²) in [5.41, 5.74) is 5.44. The molecule has 0 fully saturated rings. The Hall–Kier alpha value is -0.890. The average Bonchev–Trinajstić information content (AvgIpc) is 2.30. The van der Waals surface area contributed by atoms with Crippen molar-refractivity contribution in [2.24, 2.45) is 0 Å². The van der Waals surface area contributed by atoms with Crippen LogP contribution in [0.1, 0.15) is 48.7 Å². The predicted molar refractivity (Wildman–Crippen MR) is 67.6 cm³/mol. The van der Waals surface area contributed by atoms with E-state index in [1.54, 1.807) is 0 Å². The van der Waals surface area contributed by atoms with Crippen LogP contribution in [0.25, 0.3) is 0 Å². The molecule has 2 rings (SSSR count). The Kier molecular flexibility index (Phi) is 3.94. The lowest BCUT2D eigenvalue weighted by molar-refractivity contribution is 0.646. The van der Waals surface area contributed by atoms with Gasteiger partial charge in [0, 0.05) is 17.9 Å². The number of hydrogen-bond donors (Lipinski definition) is 1. The Bertz CT molecular complexity index is 358. The third kappa shape index (κ3) is 2.62. The summed E-state index contributed by atoms with van der Waals surface area (Å²) in [5.74, 6) is 0. The molecule has 0 aliphatic heterocycles. The normalized spacial score (nSPS) is 14.9. The maximum atomic E-state index is 4.75. The molecule has 0 atom stereocenters. The zero-order valence-corrected chi connectivity index (χ0v) is 10.5. The minimum atomic E-state index is 0.972. The summed E-state index contributed by atoms with van der Waals surface area (Å²) >= 11 is 0. The average molecular weight is 218 g/mol. The summed E-state index contributed by atoms with van der Waals surface area (Å²) in [6, 6.07) is 2.37. The highest BCUT2D eigenvalue weighted by Gasteiger charge is 2.12. The van der Waals surface area contributed by atoms with Gasteiger partial charge in [-0.1, -0.05) is 13.0 Å². The molecule has 1 aliphatic rings. The van der Waals surface area contributed by atoms with E-state index in [0.717, 1.165) is 13.1 Å². The smallest absolute Gasteiger partial charge is 0.0438 e. The number of pyridine rings is 1. The lowest BCUT2D eigenvalue weighted by atomic mass is 9.94. The van der Waals surface area contributed by atoms with Crippen LogP contribution < -0.4 is 5.32 Å². The summed E-state index contributed by atoms with van der Waals surface area (Å²) in [6.07, 6.45) is 6.24. The Balaban J connectivity index is 2.12. The molecule has 0 saturated carbocycles. The van der Waals surface area contributed by atoms with Crippen molar-refractivity contribution in [2.45, 2.75) is 52.5 Å². The molecule has 0 unspecified atom stereocenters. The van der Waals surface area contributed by atoms with Crippen molar-refractivity contribution in [3.8, 4) is 0 Å². The van der Waals surface area contributed by atoms with Gasteiger partial charge in [-0.2, -0.15) is 0 Å². The summed E-state index contributed by atoms with van der Waals surface area (Å²) in [4.78, 5) is 4.75. The highest BCUT2D eigenvalue weighted by molar-refractivity contribution is 5.31. The van der Waals surface area contributed by atoms with Gasteiger partial charge < -0.3 is 5.32 Å². The molecule has 2 nitrogen and oxygen atoms in total. The van der Waals surface area contributed by atoms with Crippen molar-refractivity contribution >= 4 is 0 Å². The molecule has 0 bridgehead atoms. The van der Waals surface area contributed by atoms with Gasteiger partial charge in [0.25, 0.3) is 0 Å². The standard InChI is InChI=1S/C14H22N2/c1-3-8-15-10-13-9-12-6-4-5-7-14(12)16-11(13)2/h9,15H,3-8,10H2,1-2H3. The lowest BCUT2D eigenvalue weighted by Gasteiger charge is -2.17. The van der Waals surface area contributed by atoms with E-state index in [1.165, 1.54) is 54.6 Å². The molecule has 1 heterocycles. The molecule has 1 aromatic heterocycles. The van der Waals surface area contributed by atoms with Crippen LogP contribution in [0.5, 0.6) is 0 Å². The number of nitrogens with one attached hydrogen (secondary N) is 1. The van der Waals surface area contributed by atoms with E-state index in [9.17, 15) is 0 Å². The Morgan fingerprint density at radius 1 is 1.31 bits per heavy atom. The van der Waals surface area contributed by atoms with Crippen LogP contribution in [-0.4, -0.2) is 11.5 Å². The third-order valence-corrected chi connectivity index (χ3v) is 3.34. The SMILES string of the molecule is CCCNCc1cc2c(nc1C)CCCC2. The molecule has 1 aliphatic carbocycles. The zero-order valence-electron chi connectivity index (χ0n) is 10.5. The fourth-order valence-corrected chi connectivity index (χ4v) is 2.36. The van der Waals surface area contributed by atoms with E-state index in [2.05, 4.69) is 25.2 Å². The second kappa shape index (κ2) is 5.44. The molecule has 1 aromatic rings. The van der Waals surface area contributed by atoms with Crippen molar-refractivity contribution in [3.05, 3.63) is 28.6 Å². The van der Waals surface area contributed by atoms with Crippen molar-refractivity contribution in [2.75, 3.05) is 6.54 Å². The number of fused-ring (bicyclic) bond motifs is 1. The summed E-state index contributed by atoms with van der Waals surface area (Å²) < 4.78 is 0. The van der Waals surface area contributed by atoms with E-state index >= 15 is 0 Å². The number of rotatable bonds is 4. The first-order valence-electron chi connectivity index (χ1n) is 6.50. The topological polar surface area (TPSA) is 24.9 Å². The van der Waals surface area contributed by atoms with Crippen molar-refractivity contribution in [1.29, 1.82) is 0 Å². The molecular formula is C14H22N2. The molecule has 16 heavy (non-hydrogen) atoms. The van der Waals surface area contributed by atoms with Crippen LogP contribution in [0.4, 0.5) is 0 Å². The maximum Gasteiger partial charge on any atom is 0.0438 e. The van der Waals surface area contributed by atoms with Gasteiger partial charge in [0.05, 0.1) is 0 Å². The fourth-order valence-electron chi connectivity index (χ4n) is 2.36. The molecule has 2 heteroatoms. The molecular weight excluding hydrogens is 196 g/mol. The largest absolute Gasteiger partial charge is 0.313 e. The molecule has 0 saturated heterocycles. The van der Waals surface area contributed by atoms with E-state index in [-0.39, 0.29) is 0 Å². The van der Waals surface area contributed by atoms with Crippen molar-refractivity contribution < 1.29 is 0 Å². The molecule has 0 aromatic carbocycles. The van der Waals surface area contributed by atoms with Crippen LogP contribution in [0.2, 0.25) is 0 Å². The third-order valence-electron chi connectivity index (χ3n) is 3.34. The van der Waals surface area contributed by atoms with Crippen LogP contribution in [0.15, 0.2) is 6.07 Å². The van der Waals surface area contributed by atoms with Crippen LogP contribution in [-0.2, 0) is 19.4 Å². The highest BCUT2D eigenvalue weighted by atomic mass is 14.9. The van der Waals surface area contributed by atoms with Gasteiger partial charge >= 0.3 is 0 Å².